The molecule has 0 radical (unpaired) electrons. The Bertz CT molecular complexity index is 272. The van der Waals surface area contributed by atoms with Crippen LogP contribution in [-0.4, -0.2) is 42.0 Å². The minimum Gasteiger partial charge on any atom is -0.481 e. The predicted octanol–water partition coefficient (Wildman–Crippen LogP) is 0.213. The smallest absolute Gasteiger partial charge is 0.307 e. The number of carboxylic acid groups (broad SMARTS) is 1. The Labute approximate surface area is 89.6 Å². The summed E-state index contributed by atoms with van der Waals surface area (Å²) in [7, 11) is 3.65. The molecule has 0 aromatic heterocycles. The number of likely N-dealkylation sites (N-methyl/N-ethyl adjacent to an activating group) is 1. The highest BCUT2D eigenvalue weighted by Crippen LogP contribution is 2.12. The highest BCUT2D eigenvalue weighted by atomic mass is 16.4. The zero-order valence-corrected chi connectivity index (χ0v) is 9.36. The lowest BCUT2D eigenvalue weighted by Crippen LogP contribution is -2.35. The lowest BCUT2D eigenvalue weighted by atomic mass is 10.0. The Morgan fingerprint density at radius 2 is 2.00 bits per heavy atom. The molecule has 0 aliphatic carbocycles. The Hall–Kier alpha value is -1.36. The number of aliphatic carboxylic acids is 1. The fourth-order valence-electron chi connectivity index (χ4n) is 1.46. The molecule has 0 rings (SSSR count). The number of hydrogen-bond acceptors (Lipinski definition) is 3. The number of hydrogen-bond donors (Lipinski definition) is 2. The third-order valence-electron chi connectivity index (χ3n) is 2.15. The number of rotatable bonds is 6. The van der Waals surface area contributed by atoms with Crippen molar-refractivity contribution < 1.29 is 14.7 Å². The maximum absolute atomic E-state index is 11.2. The first kappa shape index (κ1) is 13.6. The second kappa shape index (κ2) is 6.19. The van der Waals surface area contributed by atoms with Crippen molar-refractivity contribution in [2.75, 3.05) is 14.1 Å². The van der Waals surface area contributed by atoms with Crippen molar-refractivity contribution in [1.82, 2.24) is 4.90 Å². The molecule has 5 heteroatoms. The average Bonchev–Trinajstić information content (AvgIpc) is 2.10. The van der Waals surface area contributed by atoms with Gasteiger partial charge in [0.15, 0.2) is 0 Å². The van der Waals surface area contributed by atoms with Gasteiger partial charge in [0, 0.05) is 11.6 Å². The number of nitrogens with two attached hydrogens (primary N) is 1. The van der Waals surface area contributed by atoms with Crippen molar-refractivity contribution in [3.8, 4) is 0 Å². The third-order valence-corrected chi connectivity index (χ3v) is 2.15. The van der Waals surface area contributed by atoms with Crippen LogP contribution in [0.3, 0.4) is 0 Å². The van der Waals surface area contributed by atoms with Gasteiger partial charge in [-0.3, -0.25) is 9.59 Å². The van der Waals surface area contributed by atoms with Gasteiger partial charge < -0.3 is 15.7 Å². The van der Waals surface area contributed by atoms with E-state index in [1.807, 2.05) is 25.9 Å². The van der Waals surface area contributed by atoms with Crippen LogP contribution < -0.4 is 5.73 Å². The van der Waals surface area contributed by atoms with Crippen molar-refractivity contribution in [1.29, 1.82) is 0 Å². The van der Waals surface area contributed by atoms with Gasteiger partial charge in [-0.25, -0.2) is 0 Å². The van der Waals surface area contributed by atoms with Gasteiger partial charge in [-0.05, 0) is 20.5 Å². The molecule has 0 heterocycles. The first-order chi connectivity index (χ1) is 6.90. The van der Waals surface area contributed by atoms with Crippen LogP contribution in [0.5, 0.6) is 0 Å². The average molecular weight is 214 g/mol. The van der Waals surface area contributed by atoms with Gasteiger partial charge in [0.25, 0.3) is 0 Å². The van der Waals surface area contributed by atoms with E-state index in [1.165, 1.54) is 6.08 Å². The van der Waals surface area contributed by atoms with E-state index in [9.17, 15) is 9.59 Å². The Morgan fingerprint density at radius 3 is 2.27 bits per heavy atom. The number of amides is 1. The summed E-state index contributed by atoms with van der Waals surface area (Å²) in [5, 5.41) is 8.53. The molecule has 1 atom stereocenters. The van der Waals surface area contributed by atoms with Crippen molar-refractivity contribution in [2.24, 2.45) is 5.73 Å². The largest absolute Gasteiger partial charge is 0.481 e. The molecule has 0 aliphatic rings. The predicted molar refractivity (Wildman–Crippen MR) is 57.3 cm³/mol. The molecule has 15 heavy (non-hydrogen) atoms. The first-order valence-corrected chi connectivity index (χ1v) is 4.78. The quantitative estimate of drug-likeness (QED) is 0.619. The minimum absolute atomic E-state index is 0.123. The molecule has 5 nitrogen and oxygen atoms in total. The van der Waals surface area contributed by atoms with Crippen LogP contribution in [0.4, 0.5) is 0 Å². The topological polar surface area (TPSA) is 83.6 Å². The molecule has 0 saturated heterocycles. The molecule has 0 aliphatic heterocycles. The molecule has 0 aromatic carbocycles. The Balaban J connectivity index is 4.85. The van der Waals surface area contributed by atoms with Gasteiger partial charge >= 0.3 is 5.97 Å². The SMILES string of the molecule is CCC(/C(=C/CC(=O)O)C(N)=O)N(C)C. The number of carbonyl (C=O) groups excluding carboxylic acids is 1. The van der Waals surface area contributed by atoms with E-state index in [1.54, 1.807) is 0 Å². The van der Waals surface area contributed by atoms with E-state index in [0.29, 0.717) is 12.0 Å². The molecule has 0 aromatic rings. The molecule has 0 saturated carbocycles. The second-order valence-electron chi connectivity index (χ2n) is 3.51. The van der Waals surface area contributed by atoms with Crippen LogP contribution in [0.25, 0.3) is 0 Å². The standard InChI is InChI=1S/C10H18N2O3/c1-4-8(12(2)3)7(10(11)15)5-6-9(13)14/h5,8H,4,6H2,1-3H3,(H2,11,15)(H,13,14)/b7-5-. The Kier molecular flexibility index (Phi) is 5.62. The van der Waals surface area contributed by atoms with Crippen LogP contribution >= 0.6 is 0 Å². The summed E-state index contributed by atoms with van der Waals surface area (Å²) in [6.07, 6.45) is 1.92. The first-order valence-electron chi connectivity index (χ1n) is 4.78. The highest BCUT2D eigenvalue weighted by Gasteiger charge is 2.19. The van der Waals surface area contributed by atoms with E-state index in [2.05, 4.69) is 0 Å². The lowest BCUT2D eigenvalue weighted by molar-refractivity contribution is -0.136. The lowest BCUT2D eigenvalue weighted by Gasteiger charge is -2.24. The molecule has 0 spiro atoms. The number of carboxylic acids is 1. The van der Waals surface area contributed by atoms with E-state index in [4.69, 9.17) is 10.8 Å². The van der Waals surface area contributed by atoms with Gasteiger partial charge in [0.1, 0.15) is 0 Å². The summed E-state index contributed by atoms with van der Waals surface area (Å²) < 4.78 is 0. The summed E-state index contributed by atoms with van der Waals surface area (Å²) in [5.74, 6) is -1.53. The summed E-state index contributed by atoms with van der Waals surface area (Å²) >= 11 is 0. The van der Waals surface area contributed by atoms with E-state index in [0.717, 1.165) is 0 Å². The van der Waals surface area contributed by atoms with Crippen molar-refractivity contribution in [3.63, 3.8) is 0 Å². The van der Waals surface area contributed by atoms with Crippen molar-refractivity contribution in [3.05, 3.63) is 11.6 Å². The minimum atomic E-state index is -0.970. The highest BCUT2D eigenvalue weighted by molar-refractivity contribution is 5.93. The maximum atomic E-state index is 11.2. The number of primary amides is 1. The van der Waals surface area contributed by atoms with Crippen LogP contribution in [0.1, 0.15) is 19.8 Å². The van der Waals surface area contributed by atoms with Crippen molar-refractivity contribution in [2.45, 2.75) is 25.8 Å². The van der Waals surface area contributed by atoms with Gasteiger partial charge in [-0.2, -0.15) is 0 Å². The van der Waals surface area contributed by atoms with Gasteiger partial charge in [0.05, 0.1) is 6.42 Å². The molecule has 0 fully saturated rings. The molecule has 1 unspecified atom stereocenters. The van der Waals surface area contributed by atoms with Gasteiger partial charge in [0.2, 0.25) is 5.91 Å². The summed E-state index contributed by atoms with van der Waals surface area (Å²) in [6.45, 7) is 1.92. The van der Waals surface area contributed by atoms with Crippen LogP contribution in [0.2, 0.25) is 0 Å². The third kappa shape index (κ3) is 4.60. The van der Waals surface area contributed by atoms with Gasteiger partial charge in [-0.1, -0.05) is 13.0 Å². The fourth-order valence-corrected chi connectivity index (χ4v) is 1.46. The number of carbonyl (C=O) groups is 2. The fraction of sp³-hybridized carbons (Fsp3) is 0.600. The van der Waals surface area contributed by atoms with E-state index in [-0.39, 0.29) is 12.5 Å². The molecule has 3 N–H and O–H groups in total. The molecule has 1 amide bonds. The summed E-state index contributed by atoms with van der Waals surface area (Å²) in [4.78, 5) is 23.4. The zero-order valence-electron chi connectivity index (χ0n) is 9.36. The van der Waals surface area contributed by atoms with Gasteiger partial charge in [-0.15, -0.1) is 0 Å². The summed E-state index contributed by atoms with van der Waals surface area (Å²) in [5.41, 5.74) is 5.58. The number of nitrogens with zero attached hydrogens (tertiary/aromatic N) is 1. The van der Waals surface area contributed by atoms with Crippen LogP contribution in [-0.2, 0) is 9.59 Å². The molecule has 86 valence electrons. The molecule has 0 bridgehead atoms. The summed E-state index contributed by atoms with van der Waals surface area (Å²) in [6, 6.07) is -0.123. The van der Waals surface area contributed by atoms with Crippen LogP contribution in [0, 0.1) is 0 Å². The van der Waals surface area contributed by atoms with Crippen molar-refractivity contribution >= 4 is 11.9 Å². The molecular formula is C10H18N2O3. The second-order valence-corrected chi connectivity index (χ2v) is 3.51. The van der Waals surface area contributed by atoms with Crippen LogP contribution in [0.15, 0.2) is 11.6 Å². The maximum Gasteiger partial charge on any atom is 0.307 e. The van der Waals surface area contributed by atoms with E-state index >= 15 is 0 Å². The normalized spacial score (nSPS) is 14.0. The monoisotopic (exact) mass is 214 g/mol. The van der Waals surface area contributed by atoms with E-state index < -0.39 is 11.9 Å². The Morgan fingerprint density at radius 1 is 1.47 bits per heavy atom. The zero-order chi connectivity index (χ0) is 12.0. The molecular weight excluding hydrogens is 196 g/mol.